The fraction of sp³-hybridized carbons (Fsp3) is 0.417. The third kappa shape index (κ3) is 4.35. The van der Waals surface area contributed by atoms with Gasteiger partial charge in [0, 0.05) is 25.6 Å². The van der Waals surface area contributed by atoms with Crippen molar-refractivity contribution in [3.8, 4) is 0 Å². The van der Waals surface area contributed by atoms with Crippen molar-refractivity contribution < 1.29 is 9.59 Å². The van der Waals surface area contributed by atoms with Gasteiger partial charge < -0.3 is 15.5 Å². The first-order chi connectivity index (χ1) is 14.0. The number of fused-ring (bicyclic) bond motifs is 1. The van der Waals surface area contributed by atoms with Crippen LogP contribution in [-0.2, 0) is 22.6 Å². The third-order valence-electron chi connectivity index (χ3n) is 6.03. The Labute approximate surface area is 172 Å². The van der Waals surface area contributed by atoms with Crippen molar-refractivity contribution in [3.63, 3.8) is 0 Å². The maximum absolute atomic E-state index is 13.0. The molecule has 2 amide bonds. The molecule has 5 nitrogen and oxygen atoms in total. The SMILES string of the molecule is CC(C)c1ccc(CN[C@H]2C[C@H]3C(=O)N[C@@H](Cc4ccccc4)C(=O)N3C2)cc1. The van der Waals surface area contributed by atoms with Gasteiger partial charge in [-0.05, 0) is 29.0 Å². The van der Waals surface area contributed by atoms with Gasteiger partial charge in [-0.2, -0.15) is 0 Å². The van der Waals surface area contributed by atoms with E-state index in [9.17, 15) is 9.59 Å². The molecule has 29 heavy (non-hydrogen) atoms. The van der Waals surface area contributed by atoms with E-state index in [-0.39, 0.29) is 23.9 Å². The molecule has 2 aliphatic rings. The minimum atomic E-state index is -0.469. The molecule has 2 aliphatic heterocycles. The minimum absolute atomic E-state index is 0.0314. The summed E-state index contributed by atoms with van der Waals surface area (Å²) in [7, 11) is 0. The molecular formula is C24H29N3O2. The Balaban J connectivity index is 1.36. The summed E-state index contributed by atoms with van der Waals surface area (Å²) in [6.45, 7) is 5.71. The number of nitrogens with one attached hydrogen (secondary N) is 2. The molecule has 0 bridgehead atoms. The summed E-state index contributed by atoms with van der Waals surface area (Å²) in [5.74, 6) is 0.524. The molecule has 0 radical (unpaired) electrons. The fourth-order valence-corrected chi connectivity index (χ4v) is 4.28. The van der Waals surface area contributed by atoms with Gasteiger partial charge >= 0.3 is 0 Å². The van der Waals surface area contributed by atoms with Gasteiger partial charge in [-0.15, -0.1) is 0 Å². The highest BCUT2D eigenvalue weighted by atomic mass is 16.2. The number of piperazine rings is 1. The summed E-state index contributed by atoms with van der Waals surface area (Å²) in [6, 6.07) is 17.8. The molecule has 0 unspecified atom stereocenters. The van der Waals surface area contributed by atoms with Crippen molar-refractivity contribution in [2.75, 3.05) is 6.54 Å². The maximum atomic E-state index is 13.0. The summed E-state index contributed by atoms with van der Waals surface area (Å²) in [5.41, 5.74) is 3.61. The highest BCUT2D eigenvalue weighted by Gasteiger charge is 2.46. The average molecular weight is 392 g/mol. The Morgan fingerprint density at radius 2 is 1.76 bits per heavy atom. The average Bonchev–Trinajstić information content (AvgIpc) is 3.17. The minimum Gasteiger partial charge on any atom is -0.342 e. The van der Waals surface area contributed by atoms with Gasteiger partial charge in [0.05, 0.1) is 0 Å². The fourth-order valence-electron chi connectivity index (χ4n) is 4.28. The van der Waals surface area contributed by atoms with E-state index < -0.39 is 6.04 Å². The van der Waals surface area contributed by atoms with Crippen LogP contribution in [0.2, 0.25) is 0 Å². The predicted molar refractivity (Wildman–Crippen MR) is 113 cm³/mol. The van der Waals surface area contributed by atoms with Crippen molar-refractivity contribution >= 4 is 11.8 Å². The molecule has 2 aromatic rings. The van der Waals surface area contributed by atoms with E-state index in [4.69, 9.17) is 0 Å². The molecular weight excluding hydrogens is 362 g/mol. The van der Waals surface area contributed by atoms with Crippen LogP contribution in [0.25, 0.3) is 0 Å². The Morgan fingerprint density at radius 1 is 1.03 bits per heavy atom. The lowest BCUT2D eigenvalue weighted by Gasteiger charge is -2.34. The smallest absolute Gasteiger partial charge is 0.246 e. The Hall–Kier alpha value is -2.66. The van der Waals surface area contributed by atoms with E-state index in [2.05, 4.69) is 48.7 Å². The zero-order valence-electron chi connectivity index (χ0n) is 17.1. The van der Waals surface area contributed by atoms with Gasteiger partial charge in [-0.1, -0.05) is 68.4 Å². The molecule has 0 aromatic heterocycles. The van der Waals surface area contributed by atoms with E-state index in [1.165, 1.54) is 11.1 Å². The van der Waals surface area contributed by atoms with Crippen molar-refractivity contribution in [2.45, 2.75) is 57.3 Å². The molecule has 2 fully saturated rings. The first-order valence-electron chi connectivity index (χ1n) is 10.5. The van der Waals surface area contributed by atoms with Crippen LogP contribution in [0.3, 0.4) is 0 Å². The molecule has 2 N–H and O–H groups in total. The number of hydrogen-bond donors (Lipinski definition) is 2. The Morgan fingerprint density at radius 3 is 2.45 bits per heavy atom. The first kappa shape index (κ1) is 19.6. The predicted octanol–water partition coefficient (Wildman–Crippen LogP) is 2.61. The van der Waals surface area contributed by atoms with Gasteiger partial charge in [0.2, 0.25) is 11.8 Å². The second-order valence-electron chi connectivity index (χ2n) is 8.47. The van der Waals surface area contributed by atoms with Crippen molar-refractivity contribution in [3.05, 3.63) is 71.3 Å². The zero-order valence-corrected chi connectivity index (χ0v) is 17.1. The quantitative estimate of drug-likeness (QED) is 0.796. The molecule has 2 heterocycles. The molecule has 0 spiro atoms. The normalized spacial score (nSPS) is 24.0. The molecule has 3 atom stereocenters. The van der Waals surface area contributed by atoms with Gasteiger partial charge in [0.25, 0.3) is 0 Å². The van der Waals surface area contributed by atoms with Crippen LogP contribution in [0.15, 0.2) is 54.6 Å². The zero-order chi connectivity index (χ0) is 20.4. The second-order valence-corrected chi connectivity index (χ2v) is 8.47. The summed E-state index contributed by atoms with van der Waals surface area (Å²) in [6.07, 6.45) is 1.20. The van der Waals surface area contributed by atoms with Crippen molar-refractivity contribution in [2.24, 2.45) is 0 Å². The van der Waals surface area contributed by atoms with Crippen LogP contribution in [0.5, 0.6) is 0 Å². The number of carbonyl (C=O) groups is 2. The van der Waals surface area contributed by atoms with Crippen molar-refractivity contribution in [1.82, 2.24) is 15.5 Å². The summed E-state index contributed by atoms with van der Waals surface area (Å²) < 4.78 is 0. The Bertz CT molecular complexity index is 863. The highest BCUT2D eigenvalue weighted by molar-refractivity contribution is 5.97. The van der Waals surface area contributed by atoms with E-state index in [0.717, 1.165) is 12.1 Å². The number of amides is 2. The van der Waals surface area contributed by atoms with Gasteiger partial charge in [-0.3, -0.25) is 9.59 Å². The molecule has 152 valence electrons. The van der Waals surface area contributed by atoms with Gasteiger partial charge in [0.1, 0.15) is 12.1 Å². The molecule has 0 aliphatic carbocycles. The van der Waals surface area contributed by atoms with Crippen LogP contribution in [0, 0.1) is 0 Å². The van der Waals surface area contributed by atoms with Crippen LogP contribution in [0.4, 0.5) is 0 Å². The van der Waals surface area contributed by atoms with Crippen LogP contribution in [-0.4, -0.2) is 41.4 Å². The topological polar surface area (TPSA) is 61.4 Å². The monoisotopic (exact) mass is 391 g/mol. The lowest BCUT2D eigenvalue weighted by atomic mass is 10.0. The summed E-state index contributed by atoms with van der Waals surface area (Å²) in [4.78, 5) is 27.3. The second kappa shape index (κ2) is 8.37. The van der Waals surface area contributed by atoms with E-state index in [1.54, 1.807) is 4.90 Å². The standard InChI is InChI=1S/C24H29N3O2/c1-16(2)19-10-8-18(9-11-19)14-25-20-13-22-23(28)26-21(24(29)27(22)15-20)12-17-6-4-3-5-7-17/h3-11,16,20-22,25H,12-15H2,1-2H3,(H,26,28)/t20-,21-,22-/m0/s1. The number of hydrogen-bond acceptors (Lipinski definition) is 3. The van der Waals surface area contributed by atoms with Crippen LogP contribution in [0.1, 0.15) is 42.9 Å². The third-order valence-corrected chi connectivity index (χ3v) is 6.03. The lowest BCUT2D eigenvalue weighted by Crippen LogP contribution is -2.61. The highest BCUT2D eigenvalue weighted by Crippen LogP contribution is 2.24. The van der Waals surface area contributed by atoms with Gasteiger partial charge in [0.15, 0.2) is 0 Å². The molecule has 0 saturated carbocycles. The van der Waals surface area contributed by atoms with E-state index >= 15 is 0 Å². The summed E-state index contributed by atoms with van der Waals surface area (Å²) in [5, 5.41) is 6.47. The Kier molecular flexibility index (Phi) is 5.67. The molecule has 5 heteroatoms. The van der Waals surface area contributed by atoms with E-state index in [1.807, 2.05) is 30.3 Å². The lowest BCUT2D eigenvalue weighted by molar-refractivity contribution is -0.147. The largest absolute Gasteiger partial charge is 0.342 e. The maximum Gasteiger partial charge on any atom is 0.246 e. The number of rotatable bonds is 6. The van der Waals surface area contributed by atoms with E-state index in [0.29, 0.717) is 25.3 Å². The molecule has 4 rings (SSSR count). The number of carbonyl (C=O) groups excluding carboxylic acids is 2. The van der Waals surface area contributed by atoms with Crippen LogP contribution < -0.4 is 10.6 Å². The van der Waals surface area contributed by atoms with Crippen LogP contribution >= 0.6 is 0 Å². The van der Waals surface area contributed by atoms with Gasteiger partial charge in [-0.25, -0.2) is 0 Å². The number of nitrogens with zero attached hydrogens (tertiary/aromatic N) is 1. The number of benzene rings is 2. The molecule has 2 aromatic carbocycles. The summed E-state index contributed by atoms with van der Waals surface area (Å²) >= 11 is 0. The first-order valence-corrected chi connectivity index (χ1v) is 10.5. The van der Waals surface area contributed by atoms with Crippen molar-refractivity contribution in [1.29, 1.82) is 0 Å². The molecule has 2 saturated heterocycles.